The Hall–Kier alpha value is -3.36. The van der Waals surface area contributed by atoms with E-state index in [2.05, 4.69) is 122 Å². The molecule has 0 bridgehead atoms. The number of nitrogens with zero attached hydrogens (tertiary/aromatic N) is 2. The van der Waals surface area contributed by atoms with Gasteiger partial charge in [0.25, 0.3) is 0 Å². The zero-order valence-electron chi connectivity index (χ0n) is 23.9. The van der Waals surface area contributed by atoms with Crippen molar-refractivity contribution in [1.29, 1.82) is 0 Å². The largest absolute Gasteiger partial charge is 0.344 e. The van der Waals surface area contributed by atoms with Gasteiger partial charge in [0.05, 0.1) is 0 Å². The fourth-order valence-electron chi connectivity index (χ4n) is 5.84. The van der Waals surface area contributed by atoms with Gasteiger partial charge in [-0.3, -0.25) is 4.90 Å². The van der Waals surface area contributed by atoms with Crippen LogP contribution in [0.2, 0.25) is 0 Å². The van der Waals surface area contributed by atoms with Crippen LogP contribution in [0.4, 0.5) is 0 Å². The molecule has 5 aromatic rings. The normalized spacial score (nSPS) is 13.0. The first-order chi connectivity index (χ1) is 17.9. The predicted molar refractivity (Wildman–Crippen MR) is 162 cm³/mol. The van der Waals surface area contributed by atoms with Crippen LogP contribution in [0.3, 0.4) is 0 Å². The van der Waals surface area contributed by atoms with Crippen molar-refractivity contribution in [2.75, 3.05) is 7.05 Å². The van der Waals surface area contributed by atoms with Gasteiger partial charge >= 0.3 is 0 Å². The molecule has 0 spiro atoms. The molecule has 37 heavy (non-hydrogen) atoms. The molecule has 1 aliphatic rings. The van der Waals surface area contributed by atoms with Crippen molar-refractivity contribution in [3.8, 4) is 11.1 Å². The molecule has 0 atom stereocenters. The third-order valence-corrected chi connectivity index (χ3v) is 7.53. The molecule has 0 unspecified atom stereocenters. The Morgan fingerprint density at radius 2 is 1.19 bits per heavy atom. The lowest BCUT2D eigenvalue weighted by Gasteiger charge is -2.23. The van der Waals surface area contributed by atoms with Crippen molar-refractivity contribution in [3.05, 3.63) is 107 Å². The van der Waals surface area contributed by atoms with E-state index in [1.54, 1.807) is 0 Å². The quantitative estimate of drug-likeness (QED) is 0.244. The predicted octanol–water partition coefficient (Wildman–Crippen LogP) is 9.32. The fourth-order valence-corrected chi connectivity index (χ4v) is 5.84. The van der Waals surface area contributed by atoms with Gasteiger partial charge in [0.1, 0.15) is 0 Å². The molecule has 2 heteroatoms. The summed E-state index contributed by atoms with van der Waals surface area (Å²) in [6, 6.07) is 31.5. The molecule has 6 rings (SSSR count). The van der Waals surface area contributed by atoms with Crippen LogP contribution in [0.15, 0.2) is 84.9 Å². The van der Waals surface area contributed by atoms with Gasteiger partial charge in [-0.2, -0.15) is 0 Å². The molecule has 0 saturated heterocycles. The van der Waals surface area contributed by atoms with E-state index in [-0.39, 0.29) is 5.41 Å². The average Bonchev–Trinajstić information content (AvgIpc) is 3.34. The molecule has 1 aliphatic carbocycles. The average molecular weight is 491 g/mol. The SMILES string of the molecule is CC.CC.CN(Cc1ccc2c(c1)C(C)(C)c1ccccc1-2)Cc1ccc2c(c1)c1ccccc1n2C. The Morgan fingerprint density at radius 1 is 0.622 bits per heavy atom. The maximum Gasteiger partial charge on any atom is 0.0488 e. The zero-order valence-corrected chi connectivity index (χ0v) is 23.9. The maximum absolute atomic E-state index is 2.43. The van der Waals surface area contributed by atoms with Crippen LogP contribution < -0.4 is 0 Å². The Labute approximate surface area is 223 Å². The molecule has 4 aromatic carbocycles. The van der Waals surface area contributed by atoms with Crippen LogP contribution in [0.5, 0.6) is 0 Å². The number of hydrogen-bond donors (Lipinski definition) is 0. The van der Waals surface area contributed by atoms with Gasteiger partial charge in [0, 0.05) is 47.4 Å². The van der Waals surface area contributed by atoms with E-state index in [1.807, 2.05) is 27.7 Å². The number of fused-ring (bicyclic) bond motifs is 6. The second-order valence-electron chi connectivity index (χ2n) is 10.2. The number of rotatable bonds is 4. The molecule has 0 aliphatic heterocycles. The van der Waals surface area contributed by atoms with E-state index in [0.717, 1.165) is 13.1 Å². The second-order valence-corrected chi connectivity index (χ2v) is 10.2. The van der Waals surface area contributed by atoms with E-state index in [1.165, 1.54) is 55.2 Å². The van der Waals surface area contributed by atoms with Crippen molar-refractivity contribution in [2.45, 2.75) is 60.0 Å². The first kappa shape index (κ1) is 26.7. The van der Waals surface area contributed by atoms with Gasteiger partial charge in [-0.1, -0.05) is 108 Å². The van der Waals surface area contributed by atoms with Crippen LogP contribution in [0.1, 0.15) is 63.8 Å². The van der Waals surface area contributed by atoms with E-state index < -0.39 is 0 Å². The summed E-state index contributed by atoms with van der Waals surface area (Å²) in [5.41, 5.74) is 11.0. The van der Waals surface area contributed by atoms with Crippen LogP contribution in [0.25, 0.3) is 32.9 Å². The molecule has 2 nitrogen and oxygen atoms in total. The van der Waals surface area contributed by atoms with Gasteiger partial charge in [0.15, 0.2) is 0 Å². The van der Waals surface area contributed by atoms with Gasteiger partial charge in [-0.15, -0.1) is 0 Å². The Balaban J connectivity index is 0.000000765. The second kappa shape index (κ2) is 10.9. The van der Waals surface area contributed by atoms with E-state index in [4.69, 9.17) is 0 Å². The summed E-state index contributed by atoms with van der Waals surface area (Å²) in [6.45, 7) is 14.6. The highest BCUT2D eigenvalue weighted by atomic mass is 15.1. The standard InChI is InChI=1S/C31H30N2.2C2H6/c1-31(2)27-11-7-5-9-23(27)24-15-13-22(18-28(24)31)20-32(3)19-21-14-16-30-26(17-21)25-10-6-8-12-29(25)33(30)4;2*1-2/h5-18H,19-20H2,1-4H3;2*1-2H3. The molecule has 0 saturated carbocycles. The third kappa shape index (κ3) is 4.71. The van der Waals surface area contributed by atoms with Gasteiger partial charge in [-0.05, 0) is 58.6 Å². The highest BCUT2D eigenvalue weighted by molar-refractivity contribution is 6.08. The monoisotopic (exact) mass is 490 g/mol. The van der Waals surface area contributed by atoms with Crippen molar-refractivity contribution in [3.63, 3.8) is 0 Å². The minimum atomic E-state index is 0.0555. The van der Waals surface area contributed by atoms with Crippen LogP contribution in [-0.4, -0.2) is 16.5 Å². The fraction of sp³-hybridized carbons (Fsp3) is 0.314. The Bertz CT molecular complexity index is 1520. The van der Waals surface area contributed by atoms with Crippen molar-refractivity contribution >= 4 is 21.8 Å². The van der Waals surface area contributed by atoms with E-state index >= 15 is 0 Å². The van der Waals surface area contributed by atoms with E-state index in [9.17, 15) is 0 Å². The molecular formula is C35H42N2. The third-order valence-electron chi connectivity index (χ3n) is 7.53. The summed E-state index contributed by atoms with van der Waals surface area (Å²) in [4.78, 5) is 2.42. The van der Waals surface area contributed by atoms with Crippen molar-refractivity contribution in [1.82, 2.24) is 9.47 Å². The summed E-state index contributed by atoms with van der Waals surface area (Å²) in [7, 11) is 4.38. The van der Waals surface area contributed by atoms with Crippen molar-refractivity contribution in [2.24, 2.45) is 7.05 Å². The van der Waals surface area contributed by atoms with E-state index in [0.29, 0.717) is 0 Å². The Kier molecular flexibility index (Phi) is 7.90. The lowest BCUT2D eigenvalue weighted by molar-refractivity contribution is 0.319. The molecule has 1 heterocycles. The number of hydrogen-bond acceptors (Lipinski definition) is 1. The van der Waals surface area contributed by atoms with Gasteiger partial charge in [0.2, 0.25) is 0 Å². The maximum atomic E-state index is 2.43. The van der Waals surface area contributed by atoms with Gasteiger partial charge < -0.3 is 4.57 Å². The first-order valence-corrected chi connectivity index (χ1v) is 13.8. The summed E-state index contributed by atoms with van der Waals surface area (Å²) in [5.74, 6) is 0. The Morgan fingerprint density at radius 3 is 1.95 bits per heavy atom. The molecule has 1 aromatic heterocycles. The highest BCUT2D eigenvalue weighted by Gasteiger charge is 2.35. The highest BCUT2D eigenvalue weighted by Crippen LogP contribution is 2.48. The van der Waals surface area contributed by atoms with Crippen LogP contribution in [0, 0.1) is 0 Å². The lowest BCUT2D eigenvalue weighted by Crippen LogP contribution is -2.19. The molecule has 192 valence electrons. The number of aromatic nitrogens is 1. The van der Waals surface area contributed by atoms with Crippen LogP contribution >= 0.6 is 0 Å². The van der Waals surface area contributed by atoms with Crippen molar-refractivity contribution < 1.29 is 0 Å². The molecule has 0 amide bonds. The summed E-state index contributed by atoms with van der Waals surface area (Å²) < 4.78 is 2.29. The summed E-state index contributed by atoms with van der Waals surface area (Å²) in [5, 5.41) is 2.68. The van der Waals surface area contributed by atoms with Gasteiger partial charge in [-0.25, -0.2) is 0 Å². The molecular weight excluding hydrogens is 448 g/mol. The smallest absolute Gasteiger partial charge is 0.0488 e. The summed E-state index contributed by atoms with van der Waals surface area (Å²) >= 11 is 0. The molecule has 0 N–H and O–H groups in total. The topological polar surface area (TPSA) is 8.17 Å². The zero-order chi connectivity index (χ0) is 26.7. The number of benzene rings is 4. The number of aryl methyl sites for hydroxylation is 1. The molecule has 0 fully saturated rings. The molecule has 0 radical (unpaired) electrons. The minimum absolute atomic E-state index is 0.0555. The minimum Gasteiger partial charge on any atom is -0.344 e. The summed E-state index contributed by atoms with van der Waals surface area (Å²) in [6.07, 6.45) is 0. The van der Waals surface area contributed by atoms with Crippen LogP contribution in [-0.2, 0) is 25.6 Å². The lowest BCUT2D eigenvalue weighted by atomic mass is 9.82. The number of para-hydroxylation sites is 1. The first-order valence-electron chi connectivity index (χ1n) is 13.8.